The summed E-state index contributed by atoms with van der Waals surface area (Å²) >= 11 is 0. The van der Waals surface area contributed by atoms with Crippen molar-refractivity contribution in [2.75, 3.05) is 0 Å². The molecule has 0 aromatic heterocycles. The van der Waals surface area contributed by atoms with Crippen LogP contribution in [0.2, 0.25) is 0 Å². The third-order valence-electron chi connectivity index (χ3n) is 7.69. The van der Waals surface area contributed by atoms with Crippen LogP contribution in [0.25, 0.3) is 0 Å². The summed E-state index contributed by atoms with van der Waals surface area (Å²) in [4.78, 5) is 23.9. The highest BCUT2D eigenvalue weighted by atomic mass is 16.4. The normalized spacial score (nSPS) is 11.6. The van der Waals surface area contributed by atoms with Crippen molar-refractivity contribution in [2.45, 2.75) is 148 Å². The average Bonchev–Trinajstić information content (AvgIpc) is 2.87. The number of unbranched alkanes of at least 4 members (excludes halogenated alkanes) is 17. The Kier molecular flexibility index (Phi) is 19.0. The first-order valence-corrected chi connectivity index (χ1v) is 15.0. The zero-order chi connectivity index (χ0) is 26.3. The molecule has 0 atom stereocenters. The standard InChI is InChI=1S/C32H54O4/c1-2-3-4-5-6-7-8-9-10-11-12-13-14-15-16-22-27-32(30(33)34,31(35)36)28-23-18-21-26-29-24-19-17-20-25-29/h17,19-20,24-25H,2-16,18,21-23,26-28H2,1H3,(H,33,34)(H,35,36). The summed E-state index contributed by atoms with van der Waals surface area (Å²) in [5.74, 6) is -2.34. The van der Waals surface area contributed by atoms with Gasteiger partial charge < -0.3 is 10.2 Å². The number of hydrogen-bond acceptors (Lipinski definition) is 2. The summed E-state index contributed by atoms with van der Waals surface area (Å²) in [6, 6.07) is 10.2. The molecule has 0 unspecified atom stereocenters. The monoisotopic (exact) mass is 502 g/mol. The molecule has 0 aliphatic heterocycles. The van der Waals surface area contributed by atoms with E-state index >= 15 is 0 Å². The predicted molar refractivity (Wildman–Crippen MR) is 150 cm³/mol. The minimum atomic E-state index is -1.62. The van der Waals surface area contributed by atoms with Gasteiger partial charge in [0.25, 0.3) is 0 Å². The molecule has 0 aliphatic carbocycles. The minimum absolute atomic E-state index is 0.227. The van der Waals surface area contributed by atoms with Crippen LogP contribution in [0.15, 0.2) is 30.3 Å². The van der Waals surface area contributed by atoms with Gasteiger partial charge in [0.2, 0.25) is 0 Å². The Labute approximate surface area is 221 Å². The van der Waals surface area contributed by atoms with Crippen molar-refractivity contribution >= 4 is 11.9 Å². The fourth-order valence-corrected chi connectivity index (χ4v) is 5.20. The molecule has 0 spiro atoms. The maximum Gasteiger partial charge on any atom is 0.321 e. The van der Waals surface area contributed by atoms with E-state index in [1.807, 2.05) is 18.2 Å². The lowest BCUT2D eigenvalue weighted by molar-refractivity contribution is -0.166. The molecule has 1 aromatic rings. The van der Waals surface area contributed by atoms with Crippen LogP contribution in [0.1, 0.15) is 147 Å². The maximum atomic E-state index is 12.0. The number of rotatable bonds is 25. The zero-order valence-electron chi connectivity index (χ0n) is 23.2. The number of carboxylic acids is 2. The highest BCUT2D eigenvalue weighted by Gasteiger charge is 2.45. The second kappa shape index (κ2) is 21.3. The van der Waals surface area contributed by atoms with Crippen molar-refractivity contribution in [1.82, 2.24) is 0 Å². The van der Waals surface area contributed by atoms with Crippen LogP contribution in [0.4, 0.5) is 0 Å². The van der Waals surface area contributed by atoms with Gasteiger partial charge in [-0.25, -0.2) is 0 Å². The van der Waals surface area contributed by atoms with Crippen LogP contribution in [-0.2, 0) is 16.0 Å². The van der Waals surface area contributed by atoms with E-state index in [1.54, 1.807) is 0 Å². The summed E-state index contributed by atoms with van der Waals surface area (Å²) in [6.07, 6.45) is 24.0. The van der Waals surface area contributed by atoms with Crippen LogP contribution in [-0.4, -0.2) is 22.2 Å². The Morgan fingerprint density at radius 1 is 0.556 bits per heavy atom. The average molecular weight is 503 g/mol. The molecule has 0 saturated heterocycles. The number of aryl methyl sites for hydroxylation is 1. The molecule has 0 bridgehead atoms. The molecule has 0 radical (unpaired) electrons. The molecule has 4 heteroatoms. The molecule has 1 rings (SSSR count). The van der Waals surface area contributed by atoms with Crippen molar-refractivity contribution < 1.29 is 19.8 Å². The molecule has 0 amide bonds. The number of carboxylic acid groups (broad SMARTS) is 2. The molecule has 0 heterocycles. The van der Waals surface area contributed by atoms with Crippen LogP contribution >= 0.6 is 0 Å². The molecule has 2 N–H and O–H groups in total. The molecule has 0 aliphatic rings. The van der Waals surface area contributed by atoms with E-state index in [0.29, 0.717) is 12.8 Å². The van der Waals surface area contributed by atoms with Gasteiger partial charge in [0.1, 0.15) is 0 Å². The topological polar surface area (TPSA) is 74.6 Å². The van der Waals surface area contributed by atoms with E-state index < -0.39 is 17.4 Å². The van der Waals surface area contributed by atoms with Gasteiger partial charge in [0.05, 0.1) is 0 Å². The van der Waals surface area contributed by atoms with E-state index in [-0.39, 0.29) is 12.8 Å². The summed E-state index contributed by atoms with van der Waals surface area (Å²) in [6.45, 7) is 2.26. The first-order chi connectivity index (χ1) is 17.5. The summed E-state index contributed by atoms with van der Waals surface area (Å²) in [5, 5.41) is 19.5. The Hall–Kier alpha value is -1.84. The summed E-state index contributed by atoms with van der Waals surface area (Å²) in [7, 11) is 0. The molecule has 206 valence electrons. The number of carbonyl (C=O) groups is 2. The fourth-order valence-electron chi connectivity index (χ4n) is 5.20. The largest absolute Gasteiger partial charge is 0.480 e. The van der Waals surface area contributed by atoms with Crippen LogP contribution in [0.3, 0.4) is 0 Å². The van der Waals surface area contributed by atoms with Crippen LogP contribution in [0, 0.1) is 5.41 Å². The lowest BCUT2D eigenvalue weighted by Gasteiger charge is -2.25. The zero-order valence-corrected chi connectivity index (χ0v) is 23.2. The van der Waals surface area contributed by atoms with E-state index in [1.165, 1.54) is 89.0 Å². The highest BCUT2D eigenvalue weighted by Crippen LogP contribution is 2.33. The van der Waals surface area contributed by atoms with Crippen molar-refractivity contribution in [1.29, 1.82) is 0 Å². The van der Waals surface area contributed by atoms with Crippen molar-refractivity contribution in [2.24, 2.45) is 5.41 Å². The van der Waals surface area contributed by atoms with Gasteiger partial charge in [-0.05, 0) is 31.2 Å². The Bertz CT molecular complexity index is 656. The second-order valence-electron chi connectivity index (χ2n) is 10.8. The summed E-state index contributed by atoms with van der Waals surface area (Å²) in [5.41, 5.74) is -0.351. The third-order valence-corrected chi connectivity index (χ3v) is 7.69. The number of hydrogen-bond donors (Lipinski definition) is 2. The second-order valence-corrected chi connectivity index (χ2v) is 10.8. The molecule has 4 nitrogen and oxygen atoms in total. The Balaban J connectivity index is 2.10. The van der Waals surface area contributed by atoms with Crippen molar-refractivity contribution in [3.05, 3.63) is 35.9 Å². The number of aliphatic carboxylic acids is 2. The van der Waals surface area contributed by atoms with Crippen molar-refractivity contribution in [3.63, 3.8) is 0 Å². The molecule has 0 saturated carbocycles. The molecular weight excluding hydrogens is 448 g/mol. The highest BCUT2D eigenvalue weighted by molar-refractivity contribution is 5.98. The molecule has 0 fully saturated rings. The minimum Gasteiger partial charge on any atom is -0.480 e. The van der Waals surface area contributed by atoms with Gasteiger partial charge >= 0.3 is 11.9 Å². The van der Waals surface area contributed by atoms with Gasteiger partial charge in [-0.3, -0.25) is 9.59 Å². The van der Waals surface area contributed by atoms with E-state index in [2.05, 4.69) is 19.1 Å². The summed E-state index contributed by atoms with van der Waals surface area (Å²) < 4.78 is 0. The van der Waals surface area contributed by atoms with Crippen LogP contribution < -0.4 is 0 Å². The SMILES string of the molecule is CCCCCCCCCCCCCCCCCCC(CCCCCc1ccccc1)(C(=O)O)C(=O)O. The third kappa shape index (κ3) is 14.7. The quantitative estimate of drug-likeness (QED) is 0.103. The fraction of sp³-hybridized carbons (Fsp3) is 0.750. The smallest absolute Gasteiger partial charge is 0.321 e. The lowest BCUT2D eigenvalue weighted by atomic mass is 9.78. The first-order valence-electron chi connectivity index (χ1n) is 15.0. The van der Waals surface area contributed by atoms with E-state index in [9.17, 15) is 19.8 Å². The Morgan fingerprint density at radius 3 is 1.31 bits per heavy atom. The maximum absolute atomic E-state index is 12.0. The van der Waals surface area contributed by atoms with Crippen LogP contribution in [0.5, 0.6) is 0 Å². The molecule has 36 heavy (non-hydrogen) atoms. The Morgan fingerprint density at radius 2 is 0.917 bits per heavy atom. The number of benzene rings is 1. The lowest BCUT2D eigenvalue weighted by Crippen LogP contribution is -2.39. The van der Waals surface area contributed by atoms with Gasteiger partial charge in [0, 0.05) is 0 Å². The van der Waals surface area contributed by atoms with E-state index in [4.69, 9.17) is 0 Å². The molecular formula is C32H54O4. The van der Waals surface area contributed by atoms with E-state index in [0.717, 1.165) is 32.1 Å². The van der Waals surface area contributed by atoms with Gasteiger partial charge in [0.15, 0.2) is 5.41 Å². The predicted octanol–water partition coefficient (Wildman–Crippen LogP) is 9.60. The van der Waals surface area contributed by atoms with Crippen molar-refractivity contribution in [3.8, 4) is 0 Å². The van der Waals surface area contributed by atoms with Gasteiger partial charge in [-0.15, -0.1) is 0 Å². The van der Waals surface area contributed by atoms with Gasteiger partial charge in [-0.2, -0.15) is 0 Å². The van der Waals surface area contributed by atoms with Gasteiger partial charge in [-0.1, -0.05) is 153 Å². The first kappa shape index (κ1) is 32.2. The molecule has 1 aromatic carbocycles.